The molecule has 1 N–H and O–H groups in total. The Morgan fingerprint density at radius 3 is 2.67 bits per heavy atom. The molecule has 4 atom stereocenters. The van der Waals surface area contributed by atoms with Gasteiger partial charge in [-0.3, -0.25) is 4.79 Å². The molecule has 2 fully saturated rings. The number of rotatable bonds is 4. The van der Waals surface area contributed by atoms with Gasteiger partial charge in [-0.15, -0.1) is 0 Å². The Hall–Kier alpha value is -1.20. The second kappa shape index (κ2) is 6.60. The van der Waals surface area contributed by atoms with Gasteiger partial charge < -0.3 is 9.84 Å². The fourth-order valence-electron chi connectivity index (χ4n) is 4.42. The second-order valence-electron chi connectivity index (χ2n) is 7.51. The van der Waals surface area contributed by atoms with E-state index >= 15 is 0 Å². The molecule has 0 amide bonds. The van der Waals surface area contributed by atoms with Gasteiger partial charge in [-0.05, 0) is 48.4 Å². The molecule has 4 nitrogen and oxygen atoms in total. The average Bonchev–Trinajstić information content (AvgIpc) is 2.68. The number of halogens is 1. The van der Waals surface area contributed by atoms with Crippen molar-refractivity contribution in [1.82, 2.24) is 0 Å². The summed E-state index contributed by atoms with van der Waals surface area (Å²) < 4.78 is 6.39. The van der Waals surface area contributed by atoms with Gasteiger partial charge in [0.05, 0.1) is 17.8 Å². The van der Waals surface area contributed by atoms with Crippen LogP contribution in [-0.2, 0) is 9.53 Å². The summed E-state index contributed by atoms with van der Waals surface area (Å²) in [6.07, 6.45) is 1.31. The van der Waals surface area contributed by atoms with E-state index in [-0.39, 0.29) is 36.6 Å². The Balaban J connectivity index is 1.71. The van der Waals surface area contributed by atoms with Crippen LogP contribution in [0.1, 0.15) is 43.5 Å². The van der Waals surface area contributed by atoms with Gasteiger partial charge in [-0.2, -0.15) is 0 Å². The number of carbonyl (C=O) groups excluding carboxylic acids is 2. The third-order valence-corrected chi connectivity index (χ3v) is 6.17. The summed E-state index contributed by atoms with van der Waals surface area (Å²) in [6, 6.07) is 7.00. The number of fused-ring (bicyclic) bond motifs is 2. The normalized spacial score (nSPS) is 32.2. The first-order valence-corrected chi connectivity index (χ1v) is 9.26. The first-order chi connectivity index (χ1) is 11.3. The van der Waals surface area contributed by atoms with Crippen molar-refractivity contribution >= 4 is 27.7 Å². The molecule has 2 aliphatic rings. The lowest BCUT2D eigenvalue weighted by Crippen LogP contribution is -2.44. The summed E-state index contributed by atoms with van der Waals surface area (Å²) in [6.45, 7) is 4.43. The van der Waals surface area contributed by atoms with Crippen LogP contribution in [0.25, 0.3) is 0 Å². The molecule has 1 aromatic carbocycles. The van der Waals surface area contributed by atoms with E-state index < -0.39 is 5.60 Å². The molecule has 0 heterocycles. The topological polar surface area (TPSA) is 63.6 Å². The number of carbonyl (C=O) groups is 2. The number of Topliss-reactive ketones (excluding diaryl/α,β-unsaturated/α-hetero) is 1. The third-order valence-electron chi connectivity index (χ3n) is 5.64. The van der Waals surface area contributed by atoms with Crippen LogP contribution >= 0.6 is 15.9 Å². The van der Waals surface area contributed by atoms with Gasteiger partial charge in [0.1, 0.15) is 5.78 Å². The first-order valence-electron chi connectivity index (χ1n) is 8.47. The van der Waals surface area contributed by atoms with Gasteiger partial charge in [-0.1, -0.05) is 29.8 Å². The van der Waals surface area contributed by atoms with Crippen molar-refractivity contribution in [3.05, 3.63) is 34.3 Å². The minimum Gasteiger partial charge on any atom is -0.462 e. The number of esters is 1. The number of benzene rings is 1. The quantitative estimate of drug-likeness (QED) is 0.792. The van der Waals surface area contributed by atoms with Crippen LogP contribution in [-0.4, -0.2) is 29.1 Å². The van der Waals surface area contributed by atoms with Gasteiger partial charge in [0.15, 0.2) is 0 Å². The maximum absolute atomic E-state index is 12.2. The molecule has 0 aliphatic heterocycles. The van der Waals surface area contributed by atoms with Crippen molar-refractivity contribution < 1.29 is 19.4 Å². The van der Waals surface area contributed by atoms with Gasteiger partial charge in [0.2, 0.25) is 0 Å². The van der Waals surface area contributed by atoms with Crippen molar-refractivity contribution in [2.45, 2.75) is 38.7 Å². The molecular weight excluding hydrogens is 372 g/mol. The summed E-state index contributed by atoms with van der Waals surface area (Å²) in [4.78, 5) is 24.2. The van der Waals surface area contributed by atoms with E-state index in [1.54, 1.807) is 24.3 Å². The largest absolute Gasteiger partial charge is 0.462 e. The van der Waals surface area contributed by atoms with E-state index in [9.17, 15) is 14.7 Å². The lowest BCUT2D eigenvalue weighted by molar-refractivity contribution is -0.134. The molecule has 0 saturated heterocycles. The molecule has 0 radical (unpaired) electrons. The van der Waals surface area contributed by atoms with Crippen LogP contribution in [0.15, 0.2) is 28.7 Å². The van der Waals surface area contributed by atoms with Gasteiger partial charge in [0, 0.05) is 23.2 Å². The Labute approximate surface area is 150 Å². The summed E-state index contributed by atoms with van der Waals surface area (Å²) in [5.41, 5.74) is -0.528. The molecule has 0 aromatic heterocycles. The van der Waals surface area contributed by atoms with Crippen LogP contribution in [0.5, 0.6) is 0 Å². The highest BCUT2D eigenvalue weighted by molar-refractivity contribution is 9.10. The van der Waals surface area contributed by atoms with Crippen LogP contribution in [0.3, 0.4) is 0 Å². The molecule has 24 heavy (non-hydrogen) atoms. The maximum atomic E-state index is 12.2. The minimum atomic E-state index is -1.02. The Kier molecular flexibility index (Phi) is 4.85. The third kappa shape index (κ3) is 3.29. The Morgan fingerprint density at radius 2 is 2.04 bits per heavy atom. The minimum absolute atomic E-state index is 0.106. The summed E-state index contributed by atoms with van der Waals surface area (Å²) >= 11 is 3.34. The number of hydrogen-bond donors (Lipinski definition) is 1. The van der Waals surface area contributed by atoms with Gasteiger partial charge >= 0.3 is 5.97 Å². The fourth-order valence-corrected chi connectivity index (χ4v) is 4.69. The molecule has 0 unspecified atom stereocenters. The second-order valence-corrected chi connectivity index (χ2v) is 8.43. The molecule has 2 aliphatic carbocycles. The number of ketones is 1. The number of ether oxygens (including phenoxy) is 1. The lowest BCUT2D eigenvalue weighted by atomic mass is 9.73. The van der Waals surface area contributed by atoms with Crippen LogP contribution < -0.4 is 0 Å². The van der Waals surface area contributed by atoms with E-state index in [4.69, 9.17) is 4.74 Å². The smallest absolute Gasteiger partial charge is 0.338 e. The van der Waals surface area contributed by atoms with Gasteiger partial charge in [-0.25, -0.2) is 4.79 Å². The molecule has 130 valence electrons. The molecule has 2 bridgehead atoms. The standard InChI is InChI=1S/C19H23BrO4/c1-11(2)16-9-19(23)8-14(21)7-15(16)17(19)10-24-18(22)12-3-5-13(20)6-4-12/h3-6,11,15-17,23H,7-10H2,1-2H3/t15-,16-,17+,19-/m0/s1. The van der Waals surface area contributed by atoms with Crippen molar-refractivity contribution in [3.63, 3.8) is 0 Å². The van der Waals surface area contributed by atoms with E-state index in [0.29, 0.717) is 30.2 Å². The molecule has 5 heteroatoms. The zero-order valence-electron chi connectivity index (χ0n) is 14.0. The van der Waals surface area contributed by atoms with E-state index in [0.717, 1.165) is 4.47 Å². The average molecular weight is 395 g/mol. The van der Waals surface area contributed by atoms with Crippen LogP contribution in [0.2, 0.25) is 0 Å². The predicted molar refractivity (Wildman–Crippen MR) is 93.5 cm³/mol. The Morgan fingerprint density at radius 1 is 1.38 bits per heavy atom. The van der Waals surface area contributed by atoms with Crippen LogP contribution in [0.4, 0.5) is 0 Å². The molecule has 1 aromatic rings. The SMILES string of the molecule is CC(C)[C@@H]1C[C@@]2(O)CC(=O)C[C@@H]1[C@H]2COC(=O)c1ccc(Br)cc1. The van der Waals surface area contributed by atoms with Crippen molar-refractivity contribution in [3.8, 4) is 0 Å². The maximum Gasteiger partial charge on any atom is 0.338 e. The zero-order chi connectivity index (χ0) is 17.5. The summed E-state index contributed by atoms with van der Waals surface area (Å²) in [5, 5.41) is 11.0. The summed E-state index contributed by atoms with van der Waals surface area (Å²) in [7, 11) is 0. The van der Waals surface area contributed by atoms with E-state index in [1.807, 2.05) is 0 Å². The fraction of sp³-hybridized carbons (Fsp3) is 0.579. The number of hydrogen-bond acceptors (Lipinski definition) is 4. The highest BCUT2D eigenvalue weighted by Gasteiger charge is 2.57. The lowest BCUT2D eigenvalue weighted by Gasteiger charge is -2.36. The highest BCUT2D eigenvalue weighted by Crippen LogP contribution is 2.54. The van der Waals surface area contributed by atoms with Crippen molar-refractivity contribution in [2.75, 3.05) is 6.61 Å². The van der Waals surface area contributed by atoms with Crippen molar-refractivity contribution in [1.29, 1.82) is 0 Å². The van der Waals surface area contributed by atoms with Gasteiger partial charge in [0.25, 0.3) is 0 Å². The monoisotopic (exact) mass is 394 g/mol. The Bertz CT molecular complexity index is 639. The molecule has 3 rings (SSSR count). The van der Waals surface area contributed by atoms with E-state index in [2.05, 4.69) is 29.8 Å². The van der Waals surface area contributed by atoms with Crippen molar-refractivity contribution in [2.24, 2.45) is 23.7 Å². The predicted octanol–water partition coefficient (Wildman–Crippen LogP) is 3.61. The molecule has 2 saturated carbocycles. The first kappa shape index (κ1) is 17.6. The van der Waals surface area contributed by atoms with E-state index in [1.165, 1.54) is 0 Å². The number of aliphatic hydroxyl groups is 1. The molecular formula is C19H23BrO4. The zero-order valence-corrected chi connectivity index (χ0v) is 15.6. The molecule has 0 spiro atoms. The summed E-state index contributed by atoms with van der Waals surface area (Å²) in [5.74, 6) is 0.401. The van der Waals surface area contributed by atoms with Crippen LogP contribution in [0, 0.1) is 23.7 Å². The highest BCUT2D eigenvalue weighted by atomic mass is 79.9.